The highest BCUT2D eigenvalue weighted by molar-refractivity contribution is 7.81. The number of fused-ring (bicyclic) bond motifs is 1. The van der Waals surface area contributed by atoms with Crippen LogP contribution >= 0.6 is 24.8 Å². The molecule has 0 bridgehead atoms. The molecule has 0 saturated carbocycles. The zero-order valence-corrected chi connectivity index (χ0v) is 13.3. The smallest absolute Gasteiger partial charge is 0.137 e. The van der Waals surface area contributed by atoms with Gasteiger partial charge in [0.15, 0.2) is 0 Å². The maximum Gasteiger partial charge on any atom is 0.137 e. The normalized spacial score (nSPS) is 13.1. The molecule has 0 fully saturated rings. The number of hydrogen-bond acceptors (Lipinski definition) is 2. The second-order valence-corrected chi connectivity index (χ2v) is 5.93. The number of rotatable bonds is 2. The molecule has 1 aliphatic heterocycles. The van der Waals surface area contributed by atoms with Crippen LogP contribution < -0.4 is 0 Å². The van der Waals surface area contributed by atoms with Gasteiger partial charge in [-0.3, -0.25) is 0 Å². The van der Waals surface area contributed by atoms with Gasteiger partial charge in [0.2, 0.25) is 0 Å². The summed E-state index contributed by atoms with van der Waals surface area (Å²) in [6.45, 7) is 0. The molecule has 1 aromatic heterocycles. The van der Waals surface area contributed by atoms with Crippen molar-refractivity contribution in [3.63, 3.8) is 0 Å². The van der Waals surface area contributed by atoms with E-state index in [1.165, 1.54) is 0 Å². The molecule has 4 heteroatoms. The van der Waals surface area contributed by atoms with Gasteiger partial charge in [-0.15, -0.1) is 12.6 Å². The Hall–Kier alpha value is -2.17. The Morgan fingerprint density at radius 3 is 2.05 bits per heavy atom. The van der Waals surface area contributed by atoms with E-state index in [1.807, 2.05) is 48.5 Å². The minimum Gasteiger partial charge on any atom is -0.349 e. The Kier molecular flexibility index (Phi) is 3.21. The van der Waals surface area contributed by atoms with Crippen LogP contribution in [0.5, 0.6) is 0 Å². The molecule has 0 saturated heterocycles. The number of benzene rings is 2. The largest absolute Gasteiger partial charge is 0.349 e. The number of thiol groups is 1. The van der Waals surface area contributed by atoms with Crippen molar-refractivity contribution in [2.24, 2.45) is 4.99 Å². The third kappa shape index (κ3) is 2.03. The van der Waals surface area contributed by atoms with Crippen LogP contribution in [0, 0.1) is 0 Å². The Balaban J connectivity index is 1.92. The molecule has 0 unspecified atom stereocenters. The van der Waals surface area contributed by atoms with Crippen molar-refractivity contribution < 1.29 is 0 Å². The van der Waals surface area contributed by atoms with Crippen molar-refractivity contribution in [2.75, 3.05) is 0 Å². The first-order chi connectivity index (χ1) is 10.8. The summed E-state index contributed by atoms with van der Waals surface area (Å²) in [5.74, 6) is 0. The zero-order chi connectivity index (χ0) is 15.1. The Morgan fingerprint density at radius 1 is 0.818 bits per heavy atom. The van der Waals surface area contributed by atoms with Gasteiger partial charge in [0, 0.05) is 16.7 Å². The van der Waals surface area contributed by atoms with Gasteiger partial charge in [-0.25, -0.2) is 4.99 Å². The molecule has 0 spiro atoms. The van der Waals surface area contributed by atoms with E-state index < -0.39 is 0 Å². The van der Waals surface area contributed by atoms with Crippen molar-refractivity contribution >= 4 is 35.5 Å². The average molecular weight is 320 g/mol. The summed E-state index contributed by atoms with van der Waals surface area (Å²) < 4.78 is 0. The number of nitrogens with one attached hydrogen (secondary N) is 1. The molecular weight excluding hydrogens is 308 g/mol. The molecule has 22 heavy (non-hydrogen) atoms. The molecule has 1 aliphatic rings. The Morgan fingerprint density at radius 2 is 1.41 bits per heavy atom. The first-order valence-electron chi connectivity index (χ1n) is 6.95. The third-order valence-electron chi connectivity index (χ3n) is 3.75. The van der Waals surface area contributed by atoms with Gasteiger partial charge in [-0.1, -0.05) is 72.9 Å². The lowest BCUT2D eigenvalue weighted by Gasteiger charge is -2.01. The van der Waals surface area contributed by atoms with E-state index in [0.29, 0.717) is 4.99 Å². The highest BCUT2D eigenvalue weighted by Crippen LogP contribution is 2.36. The van der Waals surface area contributed by atoms with Gasteiger partial charge in [0.25, 0.3) is 0 Å². The van der Waals surface area contributed by atoms with E-state index in [9.17, 15) is 0 Å². The minimum absolute atomic E-state index is 0.615. The lowest BCUT2D eigenvalue weighted by atomic mass is 10.0. The Labute approximate surface area is 139 Å². The zero-order valence-electron chi connectivity index (χ0n) is 11.6. The molecule has 0 atom stereocenters. The topological polar surface area (TPSA) is 28.1 Å². The van der Waals surface area contributed by atoms with E-state index in [1.54, 1.807) is 0 Å². The lowest BCUT2D eigenvalue weighted by molar-refractivity contribution is 1.21. The first kappa shape index (κ1) is 13.5. The van der Waals surface area contributed by atoms with Crippen LogP contribution in [0.4, 0.5) is 0 Å². The molecule has 1 N–H and O–H groups in total. The SMILES string of the molecule is S=C1N=C(c2ccccc2)c2c(S)[nH]c(-c3ccccc3)c21. The average Bonchev–Trinajstić information content (AvgIpc) is 3.09. The maximum atomic E-state index is 5.51. The van der Waals surface area contributed by atoms with Crippen LogP contribution in [0.15, 0.2) is 70.7 Å². The second kappa shape index (κ2) is 5.23. The van der Waals surface area contributed by atoms with E-state index in [4.69, 9.17) is 12.2 Å². The van der Waals surface area contributed by atoms with Gasteiger partial charge in [-0.05, 0) is 5.56 Å². The fourth-order valence-corrected chi connectivity index (χ4v) is 3.40. The molecule has 0 radical (unpaired) electrons. The van der Waals surface area contributed by atoms with Crippen LogP contribution in [0.2, 0.25) is 0 Å². The van der Waals surface area contributed by atoms with Crippen molar-refractivity contribution in [1.29, 1.82) is 0 Å². The number of aliphatic imine (C=N–C) groups is 1. The van der Waals surface area contributed by atoms with E-state index in [-0.39, 0.29) is 0 Å². The second-order valence-electron chi connectivity index (χ2n) is 5.10. The number of hydrogen-bond donors (Lipinski definition) is 2. The van der Waals surface area contributed by atoms with Crippen LogP contribution in [-0.4, -0.2) is 15.7 Å². The van der Waals surface area contributed by atoms with Gasteiger partial charge in [-0.2, -0.15) is 0 Å². The highest BCUT2D eigenvalue weighted by Gasteiger charge is 2.29. The van der Waals surface area contributed by atoms with E-state index in [2.05, 4.69) is 34.7 Å². The molecule has 3 aromatic rings. The quantitative estimate of drug-likeness (QED) is 0.528. The molecule has 2 nitrogen and oxygen atoms in total. The summed E-state index contributed by atoms with van der Waals surface area (Å²) in [5, 5.41) is 0.802. The molecule has 2 aromatic carbocycles. The van der Waals surface area contributed by atoms with Crippen molar-refractivity contribution in [2.45, 2.75) is 5.03 Å². The van der Waals surface area contributed by atoms with Crippen molar-refractivity contribution in [3.8, 4) is 11.3 Å². The van der Waals surface area contributed by atoms with Gasteiger partial charge in [0.05, 0.1) is 16.4 Å². The summed E-state index contributed by atoms with van der Waals surface area (Å²) >= 11 is 10.1. The Bertz CT molecular complexity index is 894. The molecule has 4 rings (SSSR count). The molecule has 0 amide bonds. The van der Waals surface area contributed by atoms with Crippen molar-refractivity contribution in [3.05, 3.63) is 77.4 Å². The molecular formula is C18H12N2S2. The fourth-order valence-electron chi connectivity index (χ4n) is 2.77. The number of aromatic nitrogens is 1. The molecule has 106 valence electrons. The third-order valence-corrected chi connectivity index (χ3v) is 4.38. The van der Waals surface area contributed by atoms with Crippen molar-refractivity contribution in [1.82, 2.24) is 4.98 Å². The monoisotopic (exact) mass is 320 g/mol. The van der Waals surface area contributed by atoms with E-state index >= 15 is 0 Å². The maximum absolute atomic E-state index is 5.51. The predicted molar refractivity (Wildman–Crippen MR) is 97.3 cm³/mol. The number of H-pyrrole nitrogens is 1. The molecule has 0 aliphatic carbocycles. The predicted octanol–water partition coefficient (Wildman–Crippen LogP) is 4.50. The van der Waals surface area contributed by atoms with Gasteiger partial charge in [0.1, 0.15) is 4.99 Å². The van der Waals surface area contributed by atoms with Crippen LogP contribution in [0.3, 0.4) is 0 Å². The number of thiocarbonyl (C=S) groups is 1. The van der Waals surface area contributed by atoms with Crippen LogP contribution in [0.1, 0.15) is 16.7 Å². The summed E-state index contributed by atoms with van der Waals surface area (Å²) in [4.78, 5) is 8.59. The highest BCUT2D eigenvalue weighted by atomic mass is 32.1. The summed E-state index contributed by atoms with van der Waals surface area (Å²) in [5.41, 5.74) is 6.00. The lowest BCUT2D eigenvalue weighted by Crippen LogP contribution is -1.99. The summed E-state index contributed by atoms with van der Waals surface area (Å²) in [6, 6.07) is 20.2. The first-order valence-corrected chi connectivity index (χ1v) is 7.80. The number of nitrogens with zero attached hydrogens (tertiary/aromatic N) is 1. The number of aromatic amines is 1. The van der Waals surface area contributed by atoms with Gasteiger partial charge < -0.3 is 4.98 Å². The van der Waals surface area contributed by atoms with Crippen LogP contribution in [0.25, 0.3) is 11.3 Å². The van der Waals surface area contributed by atoms with Crippen LogP contribution in [-0.2, 0) is 0 Å². The fraction of sp³-hybridized carbons (Fsp3) is 0. The standard InChI is InChI=1S/C18H12N2S2/c21-17-13-14(16(20-17)12-9-5-2-6-10-12)18(22)19-15(13)11-7-3-1-4-8-11/h1-10,19,22H. The molecule has 2 heterocycles. The minimum atomic E-state index is 0.615. The van der Waals surface area contributed by atoms with Gasteiger partial charge >= 0.3 is 0 Å². The summed E-state index contributed by atoms with van der Waals surface area (Å²) in [7, 11) is 0. The summed E-state index contributed by atoms with van der Waals surface area (Å²) in [6.07, 6.45) is 0. The van der Waals surface area contributed by atoms with E-state index in [0.717, 1.165) is 38.7 Å².